The fourth-order valence-corrected chi connectivity index (χ4v) is 3.78. The summed E-state index contributed by atoms with van der Waals surface area (Å²) in [5.41, 5.74) is 0.754. The van der Waals surface area contributed by atoms with Crippen molar-refractivity contribution in [2.24, 2.45) is 0 Å². The van der Waals surface area contributed by atoms with Crippen LogP contribution in [0.1, 0.15) is 16.8 Å². The van der Waals surface area contributed by atoms with Gasteiger partial charge in [-0.2, -0.15) is 0 Å². The number of carbonyl (C=O) groups is 2. The Bertz CT molecular complexity index is 766. The molecule has 0 spiro atoms. The number of carbonyl (C=O) groups excluding carboxylic acids is 2. The van der Waals surface area contributed by atoms with Gasteiger partial charge in [0.05, 0.1) is 17.1 Å². The molecule has 2 N–H and O–H groups in total. The van der Waals surface area contributed by atoms with Gasteiger partial charge in [0.25, 0.3) is 0 Å². The van der Waals surface area contributed by atoms with Crippen LogP contribution in [0.3, 0.4) is 0 Å². The number of hydrogen-bond donors (Lipinski definition) is 2. The third kappa shape index (κ3) is 3.89. The van der Waals surface area contributed by atoms with Gasteiger partial charge in [0, 0.05) is 12.6 Å². The number of likely N-dealkylation sites (N-methyl/N-ethyl adjacent to an activating group) is 1. The van der Waals surface area contributed by atoms with E-state index in [0.717, 1.165) is 0 Å². The van der Waals surface area contributed by atoms with E-state index >= 15 is 0 Å². The minimum atomic E-state index is -3.29. The van der Waals surface area contributed by atoms with Gasteiger partial charge < -0.3 is 15.2 Å². The van der Waals surface area contributed by atoms with Crippen molar-refractivity contribution in [2.45, 2.75) is 6.42 Å². The molecule has 0 radical (unpaired) electrons. The van der Waals surface area contributed by atoms with E-state index in [4.69, 9.17) is 4.74 Å². The van der Waals surface area contributed by atoms with Crippen molar-refractivity contribution in [2.75, 3.05) is 25.2 Å². The van der Waals surface area contributed by atoms with E-state index in [-0.39, 0.29) is 47.2 Å². The summed E-state index contributed by atoms with van der Waals surface area (Å²) in [6, 6.07) is 4.40. The molecule has 7 nitrogen and oxygen atoms in total. The fraction of sp³-hybridized carbons (Fsp3) is 0.333. The van der Waals surface area contributed by atoms with Crippen molar-refractivity contribution in [3.05, 3.63) is 34.9 Å². The predicted molar refractivity (Wildman–Crippen MR) is 83.4 cm³/mol. The van der Waals surface area contributed by atoms with Gasteiger partial charge >= 0.3 is 0 Å². The first-order valence-electron chi connectivity index (χ1n) is 6.91. The standard InChI is InChI=1S/C15H17NO6S/c1-16-15(19)12-9-23(20,21)6-5-10(12)8-22-14-4-2-3-13(18)11(14)7-17/h2-4,7,18H,5-6,8-9H2,1H3,(H,16,19). The molecule has 0 saturated carbocycles. The lowest BCUT2D eigenvalue weighted by Crippen LogP contribution is -2.32. The molecule has 1 heterocycles. The highest BCUT2D eigenvalue weighted by Crippen LogP contribution is 2.27. The predicted octanol–water partition coefficient (Wildman–Crippen LogP) is 0.445. The molecule has 0 unspecified atom stereocenters. The first-order valence-corrected chi connectivity index (χ1v) is 8.73. The van der Waals surface area contributed by atoms with Crippen LogP contribution in [0.4, 0.5) is 0 Å². The first kappa shape index (κ1) is 17.0. The summed E-state index contributed by atoms with van der Waals surface area (Å²) in [6.45, 7) is -0.0252. The molecule has 23 heavy (non-hydrogen) atoms. The Kier molecular flexibility index (Phi) is 5.05. The zero-order valence-corrected chi connectivity index (χ0v) is 13.4. The zero-order valence-electron chi connectivity index (χ0n) is 12.5. The largest absolute Gasteiger partial charge is 0.507 e. The maximum Gasteiger partial charge on any atom is 0.248 e. The average molecular weight is 339 g/mol. The second-order valence-corrected chi connectivity index (χ2v) is 7.28. The van der Waals surface area contributed by atoms with Gasteiger partial charge in [-0.1, -0.05) is 6.07 Å². The Morgan fingerprint density at radius 1 is 1.43 bits per heavy atom. The van der Waals surface area contributed by atoms with Crippen LogP contribution in [0.5, 0.6) is 11.5 Å². The Balaban J connectivity index is 2.27. The van der Waals surface area contributed by atoms with Gasteiger partial charge in [-0.05, 0) is 24.1 Å². The minimum absolute atomic E-state index is 0.0121. The summed E-state index contributed by atoms with van der Waals surface area (Å²) in [6.07, 6.45) is 0.671. The highest BCUT2D eigenvalue weighted by atomic mass is 32.2. The number of benzene rings is 1. The lowest BCUT2D eigenvalue weighted by atomic mass is 10.1. The van der Waals surface area contributed by atoms with Crippen LogP contribution in [0, 0.1) is 0 Å². The molecule has 1 amide bonds. The lowest BCUT2D eigenvalue weighted by Gasteiger charge is -2.20. The monoisotopic (exact) mass is 339 g/mol. The van der Waals surface area contributed by atoms with E-state index in [9.17, 15) is 23.1 Å². The van der Waals surface area contributed by atoms with Crippen molar-refractivity contribution in [1.29, 1.82) is 0 Å². The number of ether oxygens (including phenoxy) is 1. The molecule has 1 aliphatic heterocycles. The molecule has 1 aliphatic rings. The summed E-state index contributed by atoms with van der Waals surface area (Å²) in [5, 5.41) is 12.0. The summed E-state index contributed by atoms with van der Waals surface area (Å²) in [5.74, 6) is -0.863. The Hall–Kier alpha value is -2.35. The van der Waals surface area contributed by atoms with E-state index in [0.29, 0.717) is 11.9 Å². The number of sulfone groups is 1. The number of nitrogens with one attached hydrogen (secondary N) is 1. The summed E-state index contributed by atoms with van der Waals surface area (Å²) >= 11 is 0. The molecule has 124 valence electrons. The SMILES string of the molecule is CNC(=O)C1=C(COc2cccc(O)c2C=O)CCS(=O)(=O)C1. The summed E-state index contributed by atoms with van der Waals surface area (Å²) in [7, 11) is -1.87. The van der Waals surface area contributed by atoms with Gasteiger partial charge in [0.15, 0.2) is 16.1 Å². The number of aromatic hydroxyl groups is 1. The van der Waals surface area contributed by atoms with Crippen LogP contribution in [0.2, 0.25) is 0 Å². The molecule has 0 atom stereocenters. The van der Waals surface area contributed by atoms with Crippen molar-refractivity contribution in [3.8, 4) is 11.5 Å². The highest BCUT2D eigenvalue weighted by molar-refractivity contribution is 7.91. The molecule has 0 saturated heterocycles. The average Bonchev–Trinajstić information content (AvgIpc) is 2.52. The molecule has 2 rings (SSSR count). The minimum Gasteiger partial charge on any atom is -0.507 e. The molecule has 0 aromatic heterocycles. The van der Waals surface area contributed by atoms with Crippen LogP contribution in [0.15, 0.2) is 29.3 Å². The van der Waals surface area contributed by atoms with E-state index in [1.165, 1.54) is 25.2 Å². The van der Waals surface area contributed by atoms with Gasteiger partial charge in [0.1, 0.15) is 18.1 Å². The second-order valence-electron chi connectivity index (χ2n) is 5.10. The van der Waals surface area contributed by atoms with E-state index in [1.807, 2.05) is 0 Å². The second kappa shape index (κ2) is 6.82. The maximum atomic E-state index is 11.9. The molecule has 0 bridgehead atoms. The Morgan fingerprint density at radius 2 is 2.17 bits per heavy atom. The van der Waals surface area contributed by atoms with Crippen molar-refractivity contribution in [3.63, 3.8) is 0 Å². The quantitative estimate of drug-likeness (QED) is 0.754. The summed E-state index contributed by atoms with van der Waals surface area (Å²) in [4.78, 5) is 22.9. The van der Waals surface area contributed by atoms with Crippen LogP contribution < -0.4 is 10.1 Å². The Labute approximate surface area is 133 Å². The lowest BCUT2D eigenvalue weighted by molar-refractivity contribution is -0.117. The fourth-order valence-electron chi connectivity index (χ4n) is 2.30. The highest BCUT2D eigenvalue weighted by Gasteiger charge is 2.28. The number of phenolic OH excluding ortho intramolecular Hbond substituents is 1. The van der Waals surface area contributed by atoms with E-state index in [2.05, 4.69) is 5.32 Å². The molecule has 0 aliphatic carbocycles. The normalized spacial score (nSPS) is 16.7. The zero-order chi connectivity index (χ0) is 17.0. The topological polar surface area (TPSA) is 110 Å². The third-order valence-electron chi connectivity index (χ3n) is 3.57. The van der Waals surface area contributed by atoms with Crippen molar-refractivity contribution < 1.29 is 27.9 Å². The number of hydrogen-bond acceptors (Lipinski definition) is 6. The molecule has 0 fully saturated rings. The van der Waals surface area contributed by atoms with Crippen LogP contribution in [-0.4, -0.2) is 50.9 Å². The van der Waals surface area contributed by atoms with Crippen molar-refractivity contribution >= 4 is 22.0 Å². The van der Waals surface area contributed by atoms with Gasteiger partial charge in [-0.3, -0.25) is 9.59 Å². The van der Waals surface area contributed by atoms with Crippen LogP contribution >= 0.6 is 0 Å². The molecule has 1 aromatic rings. The third-order valence-corrected chi connectivity index (χ3v) is 5.12. The van der Waals surface area contributed by atoms with E-state index in [1.54, 1.807) is 0 Å². The van der Waals surface area contributed by atoms with Gasteiger partial charge in [0.2, 0.25) is 5.91 Å². The Morgan fingerprint density at radius 3 is 2.83 bits per heavy atom. The molecular formula is C15H17NO6S. The van der Waals surface area contributed by atoms with E-state index < -0.39 is 15.7 Å². The van der Waals surface area contributed by atoms with Gasteiger partial charge in [-0.15, -0.1) is 0 Å². The van der Waals surface area contributed by atoms with Crippen LogP contribution in [-0.2, 0) is 14.6 Å². The van der Waals surface area contributed by atoms with Crippen LogP contribution in [0.25, 0.3) is 0 Å². The number of aldehydes is 1. The molecule has 1 aromatic carbocycles. The van der Waals surface area contributed by atoms with Gasteiger partial charge in [-0.25, -0.2) is 8.42 Å². The number of amides is 1. The number of phenols is 1. The number of rotatable bonds is 5. The van der Waals surface area contributed by atoms with Crippen molar-refractivity contribution in [1.82, 2.24) is 5.32 Å². The smallest absolute Gasteiger partial charge is 0.248 e. The molecular weight excluding hydrogens is 322 g/mol. The maximum absolute atomic E-state index is 11.9. The first-order chi connectivity index (χ1) is 10.9. The molecule has 8 heteroatoms. The summed E-state index contributed by atoms with van der Waals surface area (Å²) < 4.78 is 28.9.